The van der Waals surface area contributed by atoms with Crippen molar-refractivity contribution >= 4 is 47.1 Å². The molecule has 1 N–H and O–H groups in total. The molecule has 2 aromatic heterocycles. The van der Waals surface area contributed by atoms with Crippen LogP contribution in [0.25, 0.3) is 17.0 Å². The number of benzene rings is 1. The van der Waals surface area contributed by atoms with E-state index in [1.54, 1.807) is 36.2 Å². The Labute approximate surface area is 193 Å². The molecule has 0 saturated carbocycles. The lowest BCUT2D eigenvalue weighted by molar-refractivity contribution is -0.130. The van der Waals surface area contributed by atoms with E-state index in [1.165, 1.54) is 6.08 Å². The number of nitrogens with zero attached hydrogens (tertiary/aromatic N) is 3. The van der Waals surface area contributed by atoms with Crippen molar-refractivity contribution in [2.24, 2.45) is 0 Å². The van der Waals surface area contributed by atoms with Gasteiger partial charge in [-0.05, 0) is 30.7 Å². The Morgan fingerprint density at radius 1 is 1.34 bits per heavy atom. The van der Waals surface area contributed by atoms with Crippen LogP contribution in [0.3, 0.4) is 0 Å². The number of aryl methyl sites for hydroxylation is 1. The Balaban J connectivity index is 0.00000289. The van der Waals surface area contributed by atoms with E-state index in [0.29, 0.717) is 26.1 Å². The van der Waals surface area contributed by atoms with Crippen LogP contribution in [0.4, 0.5) is 5.82 Å². The molecule has 1 aliphatic heterocycles. The molecule has 0 unspecified atom stereocenters. The number of halogens is 1. The smallest absolute Gasteiger partial charge is 0.246 e. The van der Waals surface area contributed by atoms with Gasteiger partial charge < -0.3 is 19.5 Å². The molecule has 3 aromatic rings. The second kappa shape index (κ2) is 9.87. The van der Waals surface area contributed by atoms with Crippen molar-refractivity contribution < 1.29 is 14.0 Å². The molecule has 0 radical (unpaired) electrons. The lowest BCUT2D eigenvalue weighted by atomic mass is 10.1. The van der Waals surface area contributed by atoms with Crippen molar-refractivity contribution in [2.75, 3.05) is 26.0 Å². The van der Waals surface area contributed by atoms with Crippen LogP contribution in [0, 0.1) is 6.92 Å². The Morgan fingerprint density at radius 3 is 2.91 bits per heavy atom. The highest BCUT2D eigenvalue weighted by Crippen LogP contribution is 2.26. The topological polar surface area (TPSA) is 78.7 Å². The van der Waals surface area contributed by atoms with Crippen molar-refractivity contribution in [1.82, 2.24) is 14.8 Å². The molecule has 8 heteroatoms. The lowest BCUT2D eigenvalue weighted by Gasteiger charge is -2.23. The molecule has 32 heavy (non-hydrogen) atoms. The van der Waals surface area contributed by atoms with E-state index in [1.807, 2.05) is 37.3 Å². The van der Waals surface area contributed by atoms with Gasteiger partial charge in [0.05, 0.1) is 6.54 Å². The number of nitrogens with one attached hydrogen (secondary N) is 1. The van der Waals surface area contributed by atoms with Crippen LogP contribution in [-0.4, -0.2) is 47.2 Å². The van der Waals surface area contributed by atoms with Crippen LogP contribution in [0.1, 0.15) is 28.9 Å². The van der Waals surface area contributed by atoms with E-state index >= 15 is 0 Å². The number of anilines is 1. The largest absolute Gasteiger partial charge is 0.459 e. The van der Waals surface area contributed by atoms with Gasteiger partial charge in [0.25, 0.3) is 0 Å². The molecule has 0 saturated heterocycles. The number of pyridine rings is 1. The van der Waals surface area contributed by atoms with Gasteiger partial charge in [0, 0.05) is 62.4 Å². The van der Waals surface area contributed by atoms with E-state index < -0.39 is 0 Å². The zero-order valence-corrected chi connectivity index (χ0v) is 19.2. The summed E-state index contributed by atoms with van der Waals surface area (Å²) >= 11 is 0. The van der Waals surface area contributed by atoms with Crippen LogP contribution in [0.2, 0.25) is 0 Å². The van der Waals surface area contributed by atoms with Gasteiger partial charge in [0.15, 0.2) is 0 Å². The van der Waals surface area contributed by atoms with E-state index in [4.69, 9.17) is 4.42 Å². The summed E-state index contributed by atoms with van der Waals surface area (Å²) in [5.41, 5.74) is 3.62. The molecular formula is C24H27ClN4O3. The fraction of sp³-hybridized carbons (Fsp3) is 0.292. The first-order valence-electron chi connectivity index (χ1n) is 10.3. The van der Waals surface area contributed by atoms with Crippen LogP contribution in [-0.2, 0) is 22.7 Å². The molecule has 1 aromatic carbocycles. The standard InChI is InChI=1S/C24H26N4O3.ClH/c1-16-19-6-4-5-7-20(19)31-21(16)15-28(3)22(29)9-8-17-12-18-14-27(2)23(30)10-11-25-24(18)26-13-17;/h4-9,12-13H,10-11,14-15H2,1-3H3,(H,25,26);1H. The summed E-state index contributed by atoms with van der Waals surface area (Å²) in [4.78, 5) is 32.4. The number of likely N-dealkylation sites (N-methyl/N-ethyl adjacent to an activating group) is 1. The average molecular weight is 455 g/mol. The normalized spacial score (nSPS) is 13.8. The number of rotatable bonds is 4. The van der Waals surface area contributed by atoms with Crippen molar-refractivity contribution in [3.63, 3.8) is 0 Å². The first-order chi connectivity index (χ1) is 14.9. The number of aromatic nitrogens is 1. The number of fused-ring (bicyclic) bond motifs is 2. The number of carbonyl (C=O) groups is 2. The maximum atomic E-state index is 12.6. The Morgan fingerprint density at radius 2 is 2.12 bits per heavy atom. The van der Waals surface area contributed by atoms with Crippen LogP contribution in [0.15, 0.2) is 47.0 Å². The summed E-state index contributed by atoms with van der Waals surface area (Å²) in [5, 5.41) is 4.27. The number of carbonyl (C=O) groups excluding carboxylic acids is 2. The van der Waals surface area contributed by atoms with Gasteiger partial charge in [-0.25, -0.2) is 4.98 Å². The molecule has 0 fully saturated rings. The maximum Gasteiger partial charge on any atom is 0.246 e. The number of para-hydroxylation sites is 1. The third kappa shape index (κ3) is 4.94. The van der Waals surface area contributed by atoms with Crippen molar-refractivity contribution in [3.8, 4) is 0 Å². The molecule has 1 aliphatic rings. The molecule has 168 valence electrons. The van der Waals surface area contributed by atoms with E-state index in [2.05, 4.69) is 10.3 Å². The third-order valence-corrected chi connectivity index (χ3v) is 5.57. The molecule has 2 amide bonds. The van der Waals surface area contributed by atoms with E-state index in [0.717, 1.165) is 39.2 Å². The Kier molecular flexibility index (Phi) is 7.20. The number of amides is 2. The monoisotopic (exact) mass is 454 g/mol. The van der Waals surface area contributed by atoms with E-state index in [9.17, 15) is 9.59 Å². The van der Waals surface area contributed by atoms with Gasteiger partial charge in [-0.3, -0.25) is 9.59 Å². The summed E-state index contributed by atoms with van der Waals surface area (Å²) in [7, 11) is 3.54. The zero-order valence-electron chi connectivity index (χ0n) is 18.4. The molecule has 0 atom stereocenters. The molecule has 0 spiro atoms. The molecule has 4 rings (SSSR count). The highest BCUT2D eigenvalue weighted by Gasteiger charge is 2.17. The van der Waals surface area contributed by atoms with Gasteiger partial charge >= 0.3 is 0 Å². The summed E-state index contributed by atoms with van der Waals surface area (Å²) in [6, 6.07) is 9.82. The van der Waals surface area contributed by atoms with Crippen LogP contribution in [0.5, 0.6) is 0 Å². The van der Waals surface area contributed by atoms with Gasteiger partial charge in [-0.15, -0.1) is 12.4 Å². The molecule has 0 bridgehead atoms. The first kappa shape index (κ1) is 23.3. The first-order valence-corrected chi connectivity index (χ1v) is 10.3. The summed E-state index contributed by atoms with van der Waals surface area (Å²) in [5.74, 6) is 1.53. The summed E-state index contributed by atoms with van der Waals surface area (Å²) in [6.07, 6.45) is 5.46. The fourth-order valence-electron chi connectivity index (χ4n) is 3.69. The second-order valence-corrected chi connectivity index (χ2v) is 7.88. The minimum absolute atomic E-state index is 0. The van der Waals surface area contributed by atoms with Crippen molar-refractivity contribution in [3.05, 3.63) is 65.1 Å². The van der Waals surface area contributed by atoms with Gasteiger partial charge in [0.1, 0.15) is 17.2 Å². The minimum Gasteiger partial charge on any atom is -0.459 e. The zero-order chi connectivity index (χ0) is 22.0. The van der Waals surface area contributed by atoms with Gasteiger partial charge in [-0.2, -0.15) is 0 Å². The third-order valence-electron chi connectivity index (χ3n) is 5.57. The quantitative estimate of drug-likeness (QED) is 0.603. The Bertz CT molecular complexity index is 1170. The van der Waals surface area contributed by atoms with Crippen molar-refractivity contribution in [2.45, 2.75) is 26.4 Å². The summed E-state index contributed by atoms with van der Waals surface area (Å²) < 4.78 is 5.92. The SMILES string of the molecule is Cc1c(CN(C)C(=O)C=Cc2cnc3c(c2)CN(C)C(=O)CCN3)oc2ccccc12.Cl. The van der Waals surface area contributed by atoms with Crippen LogP contribution < -0.4 is 5.32 Å². The van der Waals surface area contributed by atoms with Gasteiger partial charge in [-0.1, -0.05) is 18.2 Å². The van der Waals surface area contributed by atoms with Crippen molar-refractivity contribution in [1.29, 1.82) is 0 Å². The number of hydrogen-bond acceptors (Lipinski definition) is 5. The molecule has 7 nitrogen and oxygen atoms in total. The Hall–Kier alpha value is -3.32. The van der Waals surface area contributed by atoms with Crippen LogP contribution >= 0.6 is 12.4 Å². The molecule has 3 heterocycles. The second-order valence-electron chi connectivity index (χ2n) is 7.88. The number of furan rings is 1. The fourth-order valence-corrected chi connectivity index (χ4v) is 3.69. The predicted octanol–water partition coefficient (Wildman–Crippen LogP) is 4.00. The summed E-state index contributed by atoms with van der Waals surface area (Å²) in [6.45, 7) is 3.44. The van der Waals surface area contributed by atoms with E-state index in [-0.39, 0.29) is 24.2 Å². The minimum atomic E-state index is -0.128. The van der Waals surface area contributed by atoms with Gasteiger partial charge in [0.2, 0.25) is 11.8 Å². The molecular weight excluding hydrogens is 428 g/mol. The predicted molar refractivity (Wildman–Crippen MR) is 128 cm³/mol. The highest BCUT2D eigenvalue weighted by atomic mass is 35.5. The average Bonchev–Trinajstić information content (AvgIpc) is 3.07. The highest BCUT2D eigenvalue weighted by molar-refractivity contribution is 5.91. The maximum absolute atomic E-state index is 12.6. The molecule has 0 aliphatic carbocycles. The lowest BCUT2D eigenvalue weighted by Crippen LogP contribution is -2.30. The number of hydrogen-bond donors (Lipinski definition) is 1.